The van der Waals surface area contributed by atoms with Crippen molar-refractivity contribution in [2.45, 2.75) is 6.92 Å². The molecular formula is C15H14N2O. The maximum Gasteiger partial charge on any atom is 0.222 e. The minimum absolute atomic E-state index is 0.640. The molecule has 2 aromatic heterocycles. The summed E-state index contributed by atoms with van der Waals surface area (Å²) in [5.41, 5.74) is 4.39. The van der Waals surface area contributed by atoms with Crippen LogP contribution in [0.4, 0.5) is 0 Å². The third-order valence-electron chi connectivity index (χ3n) is 3.03. The molecule has 0 aliphatic rings. The maximum absolute atomic E-state index is 5.29. The molecule has 0 spiro atoms. The Morgan fingerprint density at radius 3 is 2.89 bits per heavy atom. The van der Waals surface area contributed by atoms with Gasteiger partial charge in [0.1, 0.15) is 0 Å². The van der Waals surface area contributed by atoms with E-state index in [4.69, 9.17) is 4.74 Å². The van der Waals surface area contributed by atoms with Crippen molar-refractivity contribution < 1.29 is 4.74 Å². The number of H-pyrrole nitrogens is 1. The van der Waals surface area contributed by atoms with Gasteiger partial charge in [-0.25, -0.2) is 4.98 Å². The highest BCUT2D eigenvalue weighted by atomic mass is 16.5. The van der Waals surface area contributed by atoms with E-state index in [1.807, 2.05) is 12.1 Å². The van der Waals surface area contributed by atoms with Crippen LogP contribution in [0.15, 0.2) is 42.6 Å². The number of nitrogens with zero attached hydrogens (tertiary/aromatic N) is 1. The summed E-state index contributed by atoms with van der Waals surface area (Å²) in [6, 6.07) is 12.4. The number of aryl methyl sites for hydroxylation is 1. The van der Waals surface area contributed by atoms with Gasteiger partial charge >= 0.3 is 0 Å². The zero-order valence-electron chi connectivity index (χ0n) is 10.4. The number of benzene rings is 1. The molecule has 0 saturated carbocycles. The average molecular weight is 238 g/mol. The summed E-state index contributed by atoms with van der Waals surface area (Å²) >= 11 is 0. The Hall–Kier alpha value is -2.29. The number of pyridine rings is 1. The highest BCUT2D eigenvalue weighted by Gasteiger charge is 2.09. The molecule has 3 aromatic rings. The number of aromatic nitrogens is 2. The number of aromatic amines is 1. The second kappa shape index (κ2) is 4.18. The number of hydrogen-bond donors (Lipinski definition) is 1. The summed E-state index contributed by atoms with van der Waals surface area (Å²) in [6.45, 7) is 2.09. The van der Waals surface area contributed by atoms with Gasteiger partial charge in [0, 0.05) is 17.1 Å². The van der Waals surface area contributed by atoms with E-state index in [0.29, 0.717) is 5.88 Å². The highest BCUT2D eigenvalue weighted by Crippen LogP contribution is 2.29. The number of fused-ring (bicyclic) bond motifs is 1. The maximum atomic E-state index is 5.29. The number of rotatable bonds is 2. The van der Waals surface area contributed by atoms with Crippen molar-refractivity contribution in [3.63, 3.8) is 0 Å². The van der Waals surface area contributed by atoms with E-state index < -0.39 is 0 Å². The Labute approximate surface area is 105 Å². The molecule has 3 nitrogen and oxygen atoms in total. The van der Waals surface area contributed by atoms with Gasteiger partial charge in [-0.3, -0.25) is 0 Å². The molecule has 0 saturated heterocycles. The summed E-state index contributed by atoms with van der Waals surface area (Å²) in [5.74, 6) is 0.640. The van der Waals surface area contributed by atoms with E-state index >= 15 is 0 Å². The van der Waals surface area contributed by atoms with Crippen LogP contribution in [0.5, 0.6) is 5.88 Å². The van der Waals surface area contributed by atoms with Crippen molar-refractivity contribution in [3.8, 4) is 17.1 Å². The molecule has 90 valence electrons. The van der Waals surface area contributed by atoms with E-state index in [-0.39, 0.29) is 0 Å². The second-order valence-electron chi connectivity index (χ2n) is 4.33. The third-order valence-corrected chi connectivity index (χ3v) is 3.03. The van der Waals surface area contributed by atoms with Crippen molar-refractivity contribution in [3.05, 3.63) is 48.2 Å². The Balaban J connectivity index is 2.19. The summed E-state index contributed by atoms with van der Waals surface area (Å²) in [7, 11) is 1.64. The van der Waals surface area contributed by atoms with E-state index in [9.17, 15) is 0 Å². The van der Waals surface area contributed by atoms with Gasteiger partial charge < -0.3 is 9.72 Å². The summed E-state index contributed by atoms with van der Waals surface area (Å²) in [4.78, 5) is 7.61. The van der Waals surface area contributed by atoms with Gasteiger partial charge in [-0.05, 0) is 37.3 Å². The standard InChI is InChI=1S/C15H14N2O/c1-10-5-6-13-11(8-10)9-14(17-13)12-4-3-7-16-15(12)18-2/h3-9,17H,1-2H3. The molecule has 0 atom stereocenters. The Bertz CT molecular complexity index is 701. The first kappa shape index (κ1) is 10.8. The van der Waals surface area contributed by atoms with Gasteiger partial charge in [-0.15, -0.1) is 0 Å². The van der Waals surface area contributed by atoms with Crippen LogP contribution >= 0.6 is 0 Å². The van der Waals surface area contributed by atoms with Crippen LogP contribution in [0.1, 0.15) is 5.56 Å². The van der Waals surface area contributed by atoms with Gasteiger partial charge in [-0.2, -0.15) is 0 Å². The van der Waals surface area contributed by atoms with Crippen LogP contribution in [0.3, 0.4) is 0 Å². The minimum Gasteiger partial charge on any atom is -0.481 e. The van der Waals surface area contributed by atoms with Crippen LogP contribution in [0.25, 0.3) is 22.2 Å². The van der Waals surface area contributed by atoms with E-state index in [1.54, 1.807) is 13.3 Å². The number of ether oxygens (including phenoxy) is 1. The molecule has 0 unspecified atom stereocenters. The van der Waals surface area contributed by atoms with E-state index in [1.165, 1.54) is 10.9 Å². The fourth-order valence-electron chi connectivity index (χ4n) is 2.16. The summed E-state index contributed by atoms with van der Waals surface area (Å²) in [5, 5.41) is 1.20. The van der Waals surface area contributed by atoms with Crippen LogP contribution in [-0.2, 0) is 0 Å². The molecule has 0 aliphatic carbocycles. The molecule has 0 radical (unpaired) electrons. The van der Waals surface area contributed by atoms with Crippen LogP contribution in [0, 0.1) is 6.92 Å². The van der Waals surface area contributed by atoms with Crippen LogP contribution in [0.2, 0.25) is 0 Å². The monoisotopic (exact) mass is 238 g/mol. The third kappa shape index (κ3) is 1.74. The zero-order chi connectivity index (χ0) is 12.5. The molecule has 0 fully saturated rings. The summed E-state index contributed by atoms with van der Waals surface area (Å²) < 4.78 is 5.29. The number of nitrogens with one attached hydrogen (secondary N) is 1. The lowest BCUT2D eigenvalue weighted by molar-refractivity contribution is 0.399. The SMILES string of the molecule is COc1ncccc1-c1cc2cc(C)ccc2[nH]1. The fraction of sp³-hybridized carbons (Fsp3) is 0.133. The first-order chi connectivity index (χ1) is 8.78. The van der Waals surface area contributed by atoms with Crippen molar-refractivity contribution >= 4 is 10.9 Å². The second-order valence-corrected chi connectivity index (χ2v) is 4.33. The quantitative estimate of drug-likeness (QED) is 0.741. The van der Waals surface area contributed by atoms with Crippen molar-refractivity contribution in [1.29, 1.82) is 0 Å². The fourth-order valence-corrected chi connectivity index (χ4v) is 2.16. The summed E-state index contributed by atoms with van der Waals surface area (Å²) in [6.07, 6.45) is 1.73. The lowest BCUT2D eigenvalue weighted by atomic mass is 10.1. The topological polar surface area (TPSA) is 37.9 Å². The van der Waals surface area contributed by atoms with Gasteiger partial charge in [-0.1, -0.05) is 11.6 Å². The molecule has 18 heavy (non-hydrogen) atoms. The number of methoxy groups -OCH3 is 1. The molecule has 1 aromatic carbocycles. The van der Waals surface area contributed by atoms with Gasteiger partial charge in [0.05, 0.1) is 18.4 Å². The van der Waals surface area contributed by atoms with Gasteiger partial charge in [0.15, 0.2) is 0 Å². The van der Waals surface area contributed by atoms with E-state index in [2.05, 4.69) is 41.2 Å². The molecule has 0 aliphatic heterocycles. The highest BCUT2D eigenvalue weighted by molar-refractivity contribution is 5.87. The number of hydrogen-bond acceptors (Lipinski definition) is 2. The smallest absolute Gasteiger partial charge is 0.222 e. The Morgan fingerprint density at radius 2 is 2.06 bits per heavy atom. The van der Waals surface area contributed by atoms with E-state index in [0.717, 1.165) is 16.8 Å². The lowest BCUT2D eigenvalue weighted by Crippen LogP contribution is -1.90. The molecule has 3 rings (SSSR count). The molecule has 2 heterocycles. The normalized spacial score (nSPS) is 10.8. The van der Waals surface area contributed by atoms with Crippen molar-refractivity contribution in [1.82, 2.24) is 9.97 Å². The molecule has 1 N–H and O–H groups in total. The Morgan fingerprint density at radius 1 is 1.17 bits per heavy atom. The predicted octanol–water partition coefficient (Wildman–Crippen LogP) is 3.55. The van der Waals surface area contributed by atoms with Crippen molar-refractivity contribution in [2.75, 3.05) is 7.11 Å². The first-order valence-electron chi connectivity index (χ1n) is 5.86. The molecule has 3 heteroatoms. The Kier molecular flexibility index (Phi) is 2.52. The van der Waals surface area contributed by atoms with Crippen LogP contribution in [-0.4, -0.2) is 17.1 Å². The van der Waals surface area contributed by atoms with Gasteiger partial charge in [0.25, 0.3) is 0 Å². The molecular weight excluding hydrogens is 224 g/mol. The van der Waals surface area contributed by atoms with Gasteiger partial charge in [0.2, 0.25) is 5.88 Å². The average Bonchev–Trinajstić information content (AvgIpc) is 2.81. The first-order valence-corrected chi connectivity index (χ1v) is 5.86. The van der Waals surface area contributed by atoms with Crippen LogP contribution < -0.4 is 4.74 Å². The lowest BCUT2D eigenvalue weighted by Gasteiger charge is -2.04. The van der Waals surface area contributed by atoms with Crippen molar-refractivity contribution in [2.24, 2.45) is 0 Å². The predicted molar refractivity (Wildman–Crippen MR) is 72.8 cm³/mol. The molecule has 0 bridgehead atoms. The molecule has 0 amide bonds. The minimum atomic E-state index is 0.640. The largest absolute Gasteiger partial charge is 0.481 e. The zero-order valence-corrected chi connectivity index (χ0v) is 10.4.